The Kier molecular flexibility index (Phi) is 7.56. The third kappa shape index (κ3) is 5.08. The maximum absolute atomic E-state index is 5.02. The molecule has 1 unspecified atom stereocenters. The van der Waals surface area contributed by atoms with Gasteiger partial charge in [0.25, 0.3) is 0 Å². The fourth-order valence-corrected chi connectivity index (χ4v) is 2.73. The Morgan fingerprint density at radius 3 is 2.55 bits per heavy atom. The second kappa shape index (κ2) is 8.65. The summed E-state index contributed by atoms with van der Waals surface area (Å²) in [5, 5.41) is 3.36. The average Bonchev–Trinajstić information content (AvgIpc) is 2.42. The quantitative estimate of drug-likeness (QED) is 0.729. The van der Waals surface area contributed by atoms with Crippen LogP contribution in [0, 0.1) is 5.92 Å². The molecule has 0 amide bonds. The van der Waals surface area contributed by atoms with Gasteiger partial charge in [-0.3, -0.25) is 0 Å². The van der Waals surface area contributed by atoms with Gasteiger partial charge in [-0.05, 0) is 46.5 Å². The van der Waals surface area contributed by atoms with Crippen molar-refractivity contribution in [3.05, 3.63) is 28.2 Å². The van der Waals surface area contributed by atoms with Crippen molar-refractivity contribution in [1.82, 2.24) is 5.32 Å². The lowest BCUT2D eigenvalue weighted by Crippen LogP contribution is -2.33. The summed E-state index contributed by atoms with van der Waals surface area (Å²) in [6.45, 7) is 9.25. The largest absolute Gasteiger partial charge is 0.383 e. The highest BCUT2D eigenvalue weighted by Crippen LogP contribution is 2.29. The van der Waals surface area contributed by atoms with Gasteiger partial charge in [-0.1, -0.05) is 19.9 Å². The number of benzene rings is 1. The lowest BCUT2D eigenvalue weighted by molar-refractivity contribution is 0.199. The normalized spacial score (nSPS) is 12.8. The molecule has 1 aromatic carbocycles. The Bertz CT molecular complexity index is 409. The number of ether oxygens (including phenoxy) is 1. The molecule has 1 rings (SSSR count). The number of anilines is 1. The Morgan fingerprint density at radius 1 is 1.30 bits per heavy atom. The summed E-state index contributed by atoms with van der Waals surface area (Å²) in [5.41, 5.74) is 2.52. The molecule has 0 radical (unpaired) electrons. The van der Waals surface area contributed by atoms with Crippen LogP contribution in [0.2, 0.25) is 0 Å². The second-order valence-electron chi connectivity index (χ2n) is 5.55. The molecule has 0 fully saturated rings. The van der Waals surface area contributed by atoms with E-state index in [1.54, 1.807) is 7.11 Å². The zero-order valence-electron chi connectivity index (χ0n) is 13.2. The Balaban J connectivity index is 2.68. The predicted molar refractivity (Wildman–Crippen MR) is 90.4 cm³/mol. The van der Waals surface area contributed by atoms with E-state index < -0.39 is 0 Å². The third-order valence-electron chi connectivity index (χ3n) is 3.78. The fraction of sp³-hybridized carbons (Fsp3) is 0.625. The number of halogens is 1. The number of methoxy groups -OCH3 is 1. The van der Waals surface area contributed by atoms with Crippen molar-refractivity contribution in [2.24, 2.45) is 5.92 Å². The van der Waals surface area contributed by atoms with Gasteiger partial charge in [-0.2, -0.15) is 0 Å². The van der Waals surface area contributed by atoms with Crippen molar-refractivity contribution in [1.29, 1.82) is 0 Å². The first-order valence-corrected chi connectivity index (χ1v) is 7.97. The van der Waals surface area contributed by atoms with Crippen LogP contribution >= 0.6 is 15.9 Å². The molecule has 3 nitrogen and oxygen atoms in total. The topological polar surface area (TPSA) is 24.5 Å². The van der Waals surface area contributed by atoms with Crippen LogP contribution in [0.5, 0.6) is 0 Å². The van der Waals surface area contributed by atoms with Crippen LogP contribution in [0.15, 0.2) is 22.7 Å². The lowest BCUT2D eigenvalue weighted by atomic mass is 10.0. The first kappa shape index (κ1) is 17.5. The lowest BCUT2D eigenvalue weighted by Gasteiger charge is -2.31. The highest BCUT2D eigenvalue weighted by molar-refractivity contribution is 9.10. The smallest absolute Gasteiger partial charge is 0.0587 e. The molecule has 0 aliphatic rings. The molecule has 0 aromatic heterocycles. The molecule has 0 bridgehead atoms. The van der Waals surface area contributed by atoms with Crippen molar-refractivity contribution in [2.75, 3.05) is 32.2 Å². The number of rotatable bonds is 8. The van der Waals surface area contributed by atoms with E-state index in [4.69, 9.17) is 4.74 Å². The summed E-state index contributed by atoms with van der Waals surface area (Å²) < 4.78 is 6.18. The molecule has 114 valence electrons. The van der Waals surface area contributed by atoms with Gasteiger partial charge in [0.1, 0.15) is 0 Å². The molecule has 1 aromatic rings. The molecule has 4 heteroatoms. The van der Waals surface area contributed by atoms with E-state index in [2.05, 4.69) is 72.2 Å². The highest BCUT2D eigenvalue weighted by Gasteiger charge is 2.15. The number of hydrogen-bond acceptors (Lipinski definition) is 3. The van der Waals surface area contributed by atoms with E-state index in [0.29, 0.717) is 12.0 Å². The number of nitrogens with zero attached hydrogens (tertiary/aromatic N) is 1. The molecule has 1 N–H and O–H groups in total. The van der Waals surface area contributed by atoms with Crippen LogP contribution in [0.3, 0.4) is 0 Å². The Hall–Kier alpha value is -0.580. The minimum Gasteiger partial charge on any atom is -0.383 e. The molecule has 0 heterocycles. The summed E-state index contributed by atoms with van der Waals surface area (Å²) in [6.07, 6.45) is 0. The van der Waals surface area contributed by atoms with E-state index >= 15 is 0 Å². The van der Waals surface area contributed by atoms with E-state index in [0.717, 1.165) is 24.2 Å². The third-order valence-corrected chi connectivity index (χ3v) is 4.42. The summed E-state index contributed by atoms with van der Waals surface area (Å²) in [5.74, 6) is 0.627. The molecule has 20 heavy (non-hydrogen) atoms. The van der Waals surface area contributed by atoms with Crippen molar-refractivity contribution in [2.45, 2.75) is 33.4 Å². The van der Waals surface area contributed by atoms with Crippen molar-refractivity contribution in [3.63, 3.8) is 0 Å². The van der Waals surface area contributed by atoms with Crippen LogP contribution in [-0.4, -0.2) is 33.4 Å². The first-order chi connectivity index (χ1) is 9.47. The fourth-order valence-electron chi connectivity index (χ4n) is 2.02. The van der Waals surface area contributed by atoms with Gasteiger partial charge in [-0.25, -0.2) is 0 Å². The van der Waals surface area contributed by atoms with E-state index in [-0.39, 0.29) is 0 Å². The maximum atomic E-state index is 5.02. The van der Waals surface area contributed by atoms with Gasteiger partial charge in [0.15, 0.2) is 0 Å². The second-order valence-corrected chi connectivity index (χ2v) is 6.41. The van der Waals surface area contributed by atoms with E-state index in [1.807, 2.05) is 0 Å². The molecule has 0 spiro atoms. The van der Waals surface area contributed by atoms with Gasteiger partial charge >= 0.3 is 0 Å². The Morgan fingerprint density at radius 2 is 2.00 bits per heavy atom. The van der Waals surface area contributed by atoms with Gasteiger partial charge in [-0.15, -0.1) is 0 Å². The van der Waals surface area contributed by atoms with Crippen LogP contribution in [0.1, 0.15) is 26.3 Å². The minimum atomic E-state index is 0.511. The van der Waals surface area contributed by atoms with Crippen LogP contribution in [0.25, 0.3) is 0 Å². The molecule has 0 saturated carbocycles. The minimum absolute atomic E-state index is 0.511. The molecular weight excluding hydrogens is 316 g/mol. The molecule has 1 atom stereocenters. The summed E-state index contributed by atoms with van der Waals surface area (Å²) in [4.78, 5) is 2.33. The summed E-state index contributed by atoms with van der Waals surface area (Å²) >= 11 is 3.69. The van der Waals surface area contributed by atoms with Crippen LogP contribution in [-0.2, 0) is 11.3 Å². The standard InChI is InChI=1S/C16H27BrN2O/c1-12(2)13(3)19(4)16-7-6-14(10-15(16)17)11-18-8-9-20-5/h6-7,10,12-13,18H,8-9,11H2,1-5H3. The van der Waals surface area contributed by atoms with Crippen molar-refractivity contribution in [3.8, 4) is 0 Å². The van der Waals surface area contributed by atoms with Crippen molar-refractivity contribution >= 4 is 21.6 Å². The zero-order chi connectivity index (χ0) is 15.1. The van der Waals surface area contributed by atoms with E-state index in [1.165, 1.54) is 11.3 Å². The number of nitrogens with one attached hydrogen (secondary N) is 1. The van der Waals surface area contributed by atoms with Crippen molar-refractivity contribution < 1.29 is 4.74 Å². The monoisotopic (exact) mass is 342 g/mol. The van der Waals surface area contributed by atoms with Crippen LogP contribution in [0.4, 0.5) is 5.69 Å². The maximum Gasteiger partial charge on any atom is 0.0587 e. The van der Waals surface area contributed by atoms with Gasteiger partial charge in [0.2, 0.25) is 0 Å². The SMILES string of the molecule is COCCNCc1ccc(N(C)C(C)C(C)C)c(Br)c1. The number of hydrogen-bond donors (Lipinski definition) is 1. The van der Waals surface area contributed by atoms with Crippen LogP contribution < -0.4 is 10.2 Å². The molecule has 0 saturated heterocycles. The first-order valence-electron chi connectivity index (χ1n) is 7.18. The van der Waals surface area contributed by atoms with Gasteiger partial charge < -0.3 is 15.0 Å². The van der Waals surface area contributed by atoms with Gasteiger partial charge in [0, 0.05) is 37.8 Å². The summed E-state index contributed by atoms with van der Waals surface area (Å²) in [6, 6.07) is 7.08. The highest BCUT2D eigenvalue weighted by atomic mass is 79.9. The molecular formula is C16H27BrN2O. The summed E-state index contributed by atoms with van der Waals surface area (Å²) in [7, 11) is 3.88. The molecule has 0 aliphatic heterocycles. The average molecular weight is 343 g/mol. The molecule has 0 aliphatic carbocycles. The Labute approximate surface area is 131 Å². The predicted octanol–water partition coefficient (Wildman–Crippen LogP) is 3.67. The van der Waals surface area contributed by atoms with Gasteiger partial charge in [0.05, 0.1) is 12.3 Å². The van der Waals surface area contributed by atoms with E-state index in [9.17, 15) is 0 Å². The zero-order valence-corrected chi connectivity index (χ0v) is 14.8.